The number of Topliss-reactive ketones (excluding diaryl/α,β-unsaturated/α-hetero) is 1. The number of amides is 1. The van der Waals surface area contributed by atoms with Crippen molar-refractivity contribution < 1.29 is 19.1 Å². The topological polar surface area (TPSA) is 63.7 Å². The van der Waals surface area contributed by atoms with E-state index in [1.807, 2.05) is 0 Å². The minimum atomic E-state index is -0.461. The molecule has 28 heavy (non-hydrogen) atoms. The molecule has 6 rings (SSSR count). The van der Waals surface area contributed by atoms with Crippen LogP contribution in [0.25, 0.3) is 0 Å². The van der Waals surface area contributed by atoms with Gasteiger partial charge in [-0.3, -0.25) is 9.59 Å². The lowest BCUT2D eigenvalue weighted by Gasteiger charge is -2.55. The Kier molecular flexibility index (Phi) is 4.29. The summed E-state index contributed by atoms with van der Waals surface area (Å²) >= 11 is 0. The van der Waals surface area contributed by atoms with Crippen LogP contribution >= 0.6 is 0 Å². The van der Waals surface area contributed by atoms with Crippen LogP contribution in [0, 0.1) is 23.2 Å². The van der Waals surface area contributed by atoms with E-state index in [9.17, 15) is 14.4 Å². The quantitative estimate of drug-likeness (QED) is 0.729. The van der Waals surface area contributed by atoms with Crippen molar-refractivity contribution in [2.75, 3.05) is 18.1 Å². The summed E-state index contributed by atoms with van der Waals surface area (Å²) in [6, 6.07) is 6.92. The summed E-state index contributed by atoms with van der Waals surface area (Å²) in [5, 5.41) is 0. The van der Waals surface area contributed by atoms with Crippen LogP contribution in [0.4, 0.5) is 5.69 Å². The van der Waals surface area contributed by atoms with E-state index in [0.717, 1.165) is 37.9 Å². The smallest absolute Gasteiger partial charge is 0.338 e. The number of ketones is 1. The zero-order chi connectivity index (χ0) is 19.3. The third-order valence-electron chi connectivity index (χ3n) is 7.45. The van der Waals surface area contributed by atoms with Gasteiger partial charge in [-0.25, -0.2) is 4.79 Å². The molecular formula is C23H27NO4. The van der Waals surface area contributed by atoms with Crippen molar-refractivity contribution in [3.63, 3.8) is 0 Å². The molecule has 0 aromatic heterocycles. The average Bonchev–Trinajstić information content (AvgIpc) is 3.11. The van der Waals surface area contributed by atoms with Crippen molar-refractivity contribution in [1.29, 1.82) is 0 Å². The average molecular weight is 381 g/mol. The van der Waals surface area contributed by atoms with Gasteiger partial charge in [0.25, 0.3) is 0 Å². The van der Waals surface area contributed by atoms with E-state index in [-0.39, 0.29) is 23.7 Å². The van der Waals surface area contributed by atoms with Gasteiger partial charge in [-0.1, -0.05) is 0 Å². The Balaban J connectivity index is 1.20. The lowest BCUT2D eigenvalue weighted by atomic mass is 9.48. The van der Waals surface area contributed by atoms with Crippen LogP contribution in [-0.2, 0) is 14.3 Å². The summed E-state index contributed by atoms with van der Waals surface area (Å²) < 4.78 is 5.40. The monoisotopic (exact) mass is 381 g/mol. The molecule has 5 nitrogen and oxygen atoms in total. The van der Waals surface area contributed by atoms with Crippen LogP contribution in [0.2, 0.25) is 0 Å². The van der Waals surface area contributed by atoms with Crippen LogP contribution in [-0.4, -0.2) is 30.8 Å². The second-order valence-electron chi connectivity index (χ2n) is 9.39. The molecule has 1 amide bonds. The Labute approximate surface area is 165 Å². The van der Waals surface area contributed by atoms with Gasteiger partial charge in [0, 0.05) is 24.1 Å². The highest BCUT2D eigenvalue weighted by Crippen LogP contribution is 2.60. The maximum atomic E-state index is 13.0. The summed E-state index contributed by atoms with van der Waals surface area (Å²) in [4.78, 5) is 39.0. The number of nitrogens with zero attached hydrogens (tertiary/aromatic N) is 1. The van der Waals surface area contributed by atoms with Gasteiger partial charge >= 0.3 is 5.97 Å². The Morgan fingerprint density at radius 3 is 2.14 bits per heavy atom. The molecule has 0 N–H and O–H groups in total. The van der Waals surface area contributed by atoms with Gasteiger partial charge in [0.05, 0.1) is 5.56 Å². The number of ether oxygens (including phenoxy) is 1. The zero-order valence-corrected chi connectivity index (χ0v) is 16.2. The van der Waals surface area contributed by atoms with Crippen LogP contribution in [0.1, 0.15) is 61.7 Å². The van der Waals surface area contributed by atoms with Gasteiger partial charge in [0.15, 0.2) is 12.4 Å². The first-order chi connectivity index (χ1) is 13.5. The SMILES string of the molecule is O=C(OCC(=O)C12CC3CC(CC(C3)C1)C2)c1ccc(N2CCCC2=O)cc1. The molecule has 1 heterocycles. The summed E-state index contributed by atoms with van der Waals surface area (Å²) in [5.74, 6) is 1.89. The minimum Gasteiger partial charge on any atom is -0.454 e. The maximum absolute atomic E-state index is 13.0. The molecule has 4 aliphatic carbocycles. The normalized spacial score (nSPS) is 33.4. The molecule has 4 bridgehead atoms. The molecule has 0 atom stereocenters. The summed E-state index contributed by atoms with van der Waals surface area (Å²) in [7, 11) is 0. The van der Waals surface area contributed by atoms with E-state index in [1.165, 1.54) is 19.3 Å². The van der Waals surface area contributed by atoms with E-state index >= 15 is 0 Å². The number of benzene rings is 1. The molecule has 4 saturated carbocycles. The van der Waals surface area contributed by atoms with E-state index < -0.39 is 5.97 Å². The molecule has 1 aromatic rings. The van der Waals surface area contributed by atoms with Gasteiger partial charge < -0.3 is 9.64 Å². The molecule has 0 radical (unpaired) electrons. The second kappa shape index (κ2) is 6.71. The van der Waals surface area contributed by atoms with Crippen molar-refractivity contribution in [1.82, 2.24) is 0 Å². The molecule has 5 aliphatic rings. The first-order valence-corrected chi connectivity index (χ1v) is 10.6. The molecule has 5 fully saturated rings. The van der Waals surface area contributed by atoms with E-state index in [2.05, 4.69) is 0 Å². The summed E-state index contributed by atoms with van der Waals surface area (Å²) in [6.45, 7) is 0.611. The third kappa shape index (κ3) is 3.05. The number of anilines is 1. The van der Waals surface area contributed by atoms with E-state index in [1.54, 1.807) is 29.2 Å². The van der Waals surface area contributed by atoms with Crippen molar-refractivity contribution in [3.8, 4) is 0 Å². The number of hydrogen-bond donors (Lipinski definition) is 0. The molecule has 1 saturated heterocycles. The fourth-order valence-electron chi connectivity index (χ4n) is 6.52. The molecule has 148 valence electrons. The van der Waals surface area contributed by atoms with Gasteiger partial charge in [-0.2, -0.15) is 0 Å². The van der Waals surface area contributed by atoms with Gasteiger partial charge in [-0.15, -0.1) is 0 Å². The Hall–Kier alpha value is -2.17. The van der Waals surface area contributed by atoms with Gasteiger partial charge in [0.1, 0.15) is 0 Å². The Bertz CT molecular complexity index is 777. The number of rotatable bonds is 5. The molecular weight excluding hydrogens is 354 g/mol. The predicted molar refractivity (Wildman–Crippen MR) is 104 cm³/mol. The predicted octanol–water partition coefficient (Wildman–Crippen LogP) is 3.76. The molecule has 5 heteroatoms. The van der Waals surface area contributed by atoms with Gasteiger partial charge in [-0.05, 0) is 87.0 Å². The van der Waals surface area contributed by atoms with Gasteiger partial charge in [0.2, 0.25) is 5.91 Å². The largest absolute Gasteiger partial charge is 0.454 e. The Morgan fingerprint density at radius 1 is 1.00 bits per heavy atom. The molecule has 1 aliphatic heterocycles. The van der Waals surface area contributed by atoms with Crippen molar-refractivity contribution in [3.05, 3.63) is 29.8 Å². The number of carbonyl (C=O) groups is 3. The highest BCUT2D eigenvalue weighted by atomic mass is 16.5. The molecule has 0 unspecified atom stereocenters. The lowest BCUT2D eigenvalue weighted by Crippen LogP contribution is -2.51. The Morgan fingerprint density at radius 2 is 1.61 bits per heavy atom. The van der Waals surface area contributed by atoms with Crippen LogP contribution in [0.3, 0.4) is 0 Å². The number of esters is 1. The fraction of sp³-hybridized carbons (Fsp3) is 0.609. The highest BCUT2D eigenvalue weighted by Gasteiger charge is 2.54. The van der Waals surface area contributed by atoms with Crippen LogP contribution < -0.4 is 4.90 Å². The molecule has 0 spiro atoms. The third-order valence-corrected chi connectivity index (χ3v) is 7.45. The first-order valence-electron chi connectivity index (χ1n) is 10.6. The number of hydrogen-bond acceptors (Lipinski definition) is 4. The first kappa shape index (κ1) is 17.9. The lowest BCUT2D eigenvalue weighted by molar-refractivity contribution is -0.147. The van der Waals surface area contributed by atoms with E-state index in [0.29, 0.717) is 29.7 Å². The summed E-state index contributed by atoms with van der Waals surface area (Å²) in [6.07, 6.45) is 8.30. The van der Waals surface area contributed by atoms with Crippen molar-refractivity contribution >= 4 is 23.3 Å². The fourth-order valence-corrected chi connectivity index (χ4v) is 6.52. The maximum Gasteiger partial charge on any atom is 0.338 e. The van der Waals surface area contributed by atoms with Crippen molar-refractivity contribution in [2.45, 2.75) is 51.4 Å². The zero-order valence-electron chi connectivity index (χ0n) is 16.2. The standard InChI is InChI=1S/C23H27NO4/c25-20(23-11-15-8-16(12-23)10-17(9-15)13-23)14-28-22(27)18-3-5-19(6-4-18)24-7-1-2-21(24)26/h3-6,15-17H,1-2,7-14H2. The van der Waals surface area contributed by atoms with E-state index in [4.69, 9.17) is 4.74 Å². The van der Waals surface area contributed by atoms with Crippen molar-refractivity contribution in [2.24, 2.45) is 23.2 Å². The minimum absolute atomic E-state index is 0.114. The molecule has 1 aromatic carbocycles. The van der Waals surface area contributed by atoms with Crippen LogP contribution in [0.15, 0.2) is 24.3 Å². The highest BCUT2D eigenvalue weighted by molar-refractivity contribution is 5.97. The van der Waals surface area contributed by atoms with Crippen LogP contribution in [0.5, 0.6) is 0 Å². The summed E-state index contributed by atoms with van der Waals surface area (Å²) in [5.41, 5.74) is 1.01. The second-order valence-corrected chi connectivity index (χ2v) is 9.39. The number of carbonyl (C=O) groups excluding carboxylic acids is 3.